The molecular formula is C18H25N3O4. The van der Waals surface area contributed by atoms with Gasteiger partial charge in [0.15, 0.2) is 0 Å². The van der Waals surface area contributed by atoms with Crippen LogP contribution < -0.4 is 5.32 Å². The molecule has 1 aliphatic heterocycles. The molecule has 1 N–H and O–H groups in total. The van der Waals surface area contributed by atoms with Gasteiger partial charge >= 0.3 is 6.09 Å². The molecule has 1 heterocycles. The lowest BCUT2D eigenvalue weighted by molar-refractivity contribution is -0.134. The predicted molar refractivity (Wildman–Crippen MR) is 93.1 cm³/mol. The molecule has 1 fully saturated rings. The highest BCUT2D eigenvalue weighted by Gasteiger charge is 2.24. The van der Waals surface area contributed by atoms with Gasteiger partial charge in [-0.15, -0.1) is 0 Å². The Kier molecular flexibility index (Phi) is 6.80. The number of hydrogen-bond donors (Lipinski definition) is 1. The number of benzene rings is 1. The Balaban J connectivity index is 1.73. The molecule has 0 spiro atoms. The second-order valence-corrected chi connectivity index (χ2v) is 5.95. The van der Waals surface area contributed by atoms with E-state index >= 15 is 0 Å². The van der Waals surface area contributed by atoms with Gasteiger partial charge in [-0.3, -0.25) is 9.59 Å². The molecular weight excluding hydrogens is 322 g/mol. The van der Waals surface area contributed by atoms with Crippen molar-refractivity contribution >= 4 is 17.9 Å². The minimum Gasteiger partial charge on any atom is -0.450 e. The van der Waals surface area contributed by atoms with Gasteiger partial charge in [0.05, 0.1) is 19.6 Å². The van der Waals surface area contributed by atoms with Crippen LogP contribution >= 0.6 is 0 Å². The second kappa shape index (κ2) is 9.05. The summed E-state index contributed by atoms with van der Waals surface area (Å²) in [7, 11) is 0. The van der Waals surface area contributed by atoms with Crippen molar-refractivity contribution in [2.75, 3.05) is 39.3 Å². The van der Waals surface area contributed by atoms with Crippen LogP contribution in [-0.4, -0.2) is 67.0 Å². The van der Waals surface area contributed by atoms with E-state index in [2.05, 4.69) is 5.32 Å². The van der Waals surface area contributed by atoms with Crippen LogP contribution in [0.5, 0.6) is 0 Å². The van der Waals surface area contributed by atoms with Crippen LogP contribution in [0.4, 0.5) is 4.79 Å². The number of aryl methyl sites for hydroxylation is 1. The standard InChI is InChI=1S/C18H25N3O4/c1-3-25-18(24)21-10-8-20(9-11-21)17(23)13-19-16(22)12-15-7-5-4-6-14(15)2/h4-7H,3,8-13H2,1-2H3,(H,19,22). The first-order chi connectivity index (χ1) is 12.0. The topological polar surface area (TPSA) is 79.0 Å². The molecule has 1 saturated heterocycles. The van der Waals surface area contributed by atoms with E-state index in [0.29, 0.717) is 32.8 Å². The summed E-state index contributed by atoms with van der Waals surface area (Å²) in [4.78, 5) is 39.1. The molecule has 0 unspecified atom stereocenters. The van der Waals surface area contributed by atoms with E-state index in [0.717, 1.165) is 11.1 Å². The van der Waals surface area contributed by atoms with Gasteiger partial charge in [0, 0.05) is 26.2 Å². The van der Waals surface area contributed by atoms with Crippen molar-refractivity contribution in [1.29, 1.82) is 0 Å². The maximum Gasteiger partial charge on any atom is 0.409 e. The third-order valence-electron chi connectivity index (χ3n) is 4.21. The molecule has 0 saturated carbocycles. The van der Waals surface area contributed by atoms with Crippen LogP contribution in [0.15, 0.2) is 24.3 Å². The molecule has 1 aromatic carbocycles. The summed E-state index contributed by atoms with van der Waals surface area (Å²) in [6.45, 7) is 5.82. The average molecular weight is 347 g/mol. The van der Waals surface area contributed by atoms with Crippen LogP contribution in [0.3, 0.4) is 0 Å². The van der Waals surface area contributed by atoms with Gasteiger partial charge in [-0.2, -0.15) is 0 Å². The number of piperazine rings is 1. The zero-order valence-electron chi connectivity index (χ0n) is 14.8. The number of hydrogen-bond acceptors (Lipinski definition) is 4. The van der Waals surface area contributed by atoms with Gasteiger partial charge in [0.2, 0.25) is 11.8 Å². The molecule has 1 aliphatic rings. The van der Waals surface area contributed by atoms with Gasteiger partial charge in [0.25, 0.3) is 0 Å². The molecule has 3 amide bonds. The molecule has 25 heavy (non-hydrogen) atoms. The molecule has 136 valence electrons. The summed E-state index contributed by atoms with van der Waals surface area (Å²) < 4.78 is 4.95. The fourth-order valence-electron chi connectivity index (χ4n) is 2.68. The van der Waals surface area contributed by atoms with Crippen LogP contribution in [-0.2, 0) is 20.7 Å². The molecule has 7 heteroatoms. The van der Waals surface area contributed by atoms with Gasteiger partial charge in [0.1, 0.15) is 0 Å². The Bertz CT molecular complexity index is 625. The number of carbonyl (C=O) groups is 3. The summed E-state index contributed by atoms with van der Waals surface area (Å²) in [6.07, 6.45) is -0.0857. The highest BCUT2D eigenvalue weighted by atomic mass is 16.6. The minimum absolute atomic E-state index is 0.0237. The maximum atomic E-state index is 12.2. The lowest BCUT2D eigenvalue weighted by atomic mass is 10.1. The van der Waals surface area contributed by atoms with Crippen molar-refractivity contribution < 1.29 is 19.1 Å². The van der Waals surface area contributed by atoms with Crippen LogP contribution in [0, 0.1) is 6.92 Å². The lowest BCUT2D eigenvalue weighted by Crippen LogP contribution is -2.52. The summed E-state index contributed by atoms with van der Waals surface area (Å²) in [5.41, 5.74) is 2.01. The van der Waals surface area contributed by atoms with Crippen molar-refractivity contribution in [2.24, 2.45) is 0 Å². The molecule has 1 aromatic rings. The number of rotatable bonds is 5. The molecule has 0 bridgehead atoms. The quantitative estimate of drug-likeness (QED) is 0.860. The van der Waals surface area contributed by atoms with Crippen LogP contribution in [0.1, 0.15) is 18.1 Å². The Labute approximate surface area is 147 Å². The molecule has 0 radical (unpaired) electrons. The smallest absolute Gasteiger partial charge is 0.409 e. The van der Waals surface area contributed by atoms with E-state index < -0.39 is 0 Å². The highest BCUT2D eigenvalue weighted by molar-refractivity contribution is 5.86. The molecule has 2 rings (SSSR count). The normalized spacial score (nSPS) is 14.2. The summed E-state index contributed by atoms with van der Waals surface area (Å²) >= 11 is 0. The van der Waals surface area contributed by atoms with E-state index in [1.807, 2.05) is 31.2 Å². The first-order valence-corrected chi connectivity index (χ1v) is 8.52. The summed E-state index contributed by atoms with van der Waals surface area (Å²) in [5, 5.41) is 2.67. The van der Waals surface area contributed by atoms with E-state index in [-0.39, 0.29) is 30.9 Å². The van der Waals surface area contributed by atoms with Crippen LogP contribution in [0.25, 0.3) is 0 Å². The molecule has 7 nitrogen and oxygen atoms in total. The van der Waals surface area contributed by atoms with Crippen molar-refractivity contribution in [3.63, 3.8) is 0 Å². The Morgan fingerprint density at radius 2 is 1.72 bits per heavy atom. The number of amides is 3. The molecule has 0 atom stereocenters. The Morgan fingerprint density at radius 3 is 2.36 bits per heavy atom. The fraction of sp³-hybridized carbons (Fsp3) is 0.500. The Morgan fingerprint density at radius 1 is 1.08 bits per heavy atom. The maximum absolute atomic E-state index is 12.2. The summed E-state index contributed by atoms with van der Waals surface area (Å²) in [5.74, 6) is -0.311. The van der Waals surface area contributed by atoms with Gasteiger partial charge in [-0.25, -0.2) is 4.79 Å². The average Bonchev–Trinajstić information content (AvgIpc) is 2.62. The third-order valence-corrected chi connectivity index (χ3v) is 4.21. The van der Waals surface area contributed by atoms with Gasteiger partial charge in [-0.05, 0) is 25.0 Å². The minimum atomic E-state index is -0.346. The highest BCUT2D eigenvalue weighted by Crippen LogP contribution is 2.07. The largest absolute Gasteiger partial charge is 0.450 e. The number of ether oxygens (including phenoxy) is 1. The van der Waals surface area contributed by atoms with E-state index in [9.17, 15) is 14.4 Å². The molecule has 0 aliphatic carbocycles. The second-order valence-electron chi connectivity index (χ2n) is 5.95. The zero-order valence-corrected chi connectivity index (χ0v) is 14.8. The van der Waals surface area contributed by atoms with Crippen molar-refractivity contribution in [3.8, 4) is 0 Å². The van der Waals surface area contributed by atoms with Gasteiger partial charge in [-0.1, -0.05) is 24.3 Å². The monoisotopic (exact) mass is 347 g/mol. The zero-order chi connectivity index (χ0) is 18.2. The predicted octanol–water partition coefficient (Wildman–Crippen LogP) is 0.954. The molecule has 0 aromatic heterocycles. The summed E-state index contributed by atoms with van der Waals surface area (Å²) in [6, 6.07) is 7.68. The number of carbonyl (C=O) groups excluding carboxylic acids is 3. The van der Waals surface area contributed by atoms with Crippen molar-refractivity contribution in [3.05, 3.63) is 35.4 Å². The van der Waals surface area contributed by atoms with E-state index in [1.165, 1.54) is 0 Å². The first-order valence-electron chi connectivity index (χ1n) is 8.52. The SMILES string of the molecule is CCOC(=O)N1CCN(C(=O)CNC(=O)Cc2ccccc2C)CC1. The van der Waals surface area contributed by atoms with Crippen molar-refractivity contribution in [1.82, 2.24) is 15.1 Å². The third kappa shape index (κ3) is 5.48. The van der Waals surface area contributed by atoms with Crippen molar-refractivity contribution in [2.45, 2.75) is 20.3 Å². The number of nitrogens with zero attached hydrogens (tertiary/aromatic N) is 2. The van der Waals surface area contributed by atoms with E-state index in [4.69, 9.17) is 4.74 Å². The number of nitrogens with one attached hydrogen (secondary N) is 1. The first kappa shape index (κ1) is 18.8. The fourth-order valence-corrected chi connectivity index (χ4v) is 2.68. The lowest BCUT2D eigenvalue weighted by Gasteiger charge is -2.34. The van der Waals surface area contributed by atoms with Gasteiger partial charge < -0.3 is 19.9 Å². The Hall–Kier alpha value is -2.57. The van der Waals surface area contributed by atoms with E-state index in [1.54, 1.807) is 16.7 Å². The van der Waals surface area contributed by atoms with Crippen LogP contribution in [0.2, 0.25) is 0 Å².